The average Bonchev–Trinajstić information content (AvgIpc) is 2.98. The molecule has 8 heteroatoms. The van der Waals surface area contributed by atoms with Gasteiger partial charge in [0.2, 0.25) is 0 Å². The first-order valence-electron chi connectivity index (χ1n) is 5.92. The number of rotatable bonds is 7. The van der Waals surface area contributed by atoms with Gasteiger partial charge in [0.25, 0.3) is 5.91 Å². The molecule has 0 radical (unpaired) electrons. The maximum absolute atomic E-state index is 11.4. The van der Waals surface area contributed by atoms with Gasteiger partial charge >= 0.3 is 11.9 Å². The molecular formula is C12H15N3O5. The van der Waals surface area contributed by atoms with Crippen molar-refractivity contribution in [2.45, 2.75) is 6.42 Å². The van der Waals surface area contributed by atoms with Gasteiger partial charge in [-0.25, -0.2) is 9.59 Å². The highest BCUT2D eigenvalue weighted by atomic mass is 16.5. The summed E-state index contributed by atoms with van der Waals surface area (Å²) in [6, 6.07) is 0. The predicted molar refractivity (Wildman–Crippen MR) is 67.5 cm³/mol. The van der Waals surface area contributed by atoms with Gasteiger partial charge < -0.3 is 14.8 Å². The molecule has 1 heterocycles. The number of hydrogen-bond donors (Lipinski definition) is 1. The Labute approximate surface area is 115 Å². The SMILES string of the molecule is COC(=O)/C=C/C(=O)OCCCNC(=O)C1=CCN=N1. The van der Waals surface area contributed by atoms with Gasteiger partial charge in [0.15, 0.2) is 0 Å². The molecule has 0 atom stereocenters. The predicted octanol–water partition coefficient (Wildman–Crippen LogP) is 0.115. The lowest BCUT2D eigenvalue weighted by molar-refractivity contribution is -0.139. The number of methoxy groups -OCH3 is 1. The van der Waals surface area contributed by atoms with Crippen LogP contribution in [0.5, 0.6) is 0 Å². The maximum Gasteiger partial charge on any atom is 0.331 e. The summed E-state index contributed by atoms with van der Waals surface area (Å²) in [4.78, 5) is 33.3. The minimum absolute atomic E-state index is 0.130. The molecule has 0 aliphatic carbocycles. The Morgan fingerprint density at radius 2 is 2.10 bits per heavy atom. The Kier molecular flexibility index (Phi) is 6.66. The molecule has 0 unspecified atom stereocenters. The fourth-order valence-corrected chi connectivity index (χ4v) is 1.21. The molecule has 1 aliphatic heterocycles. The third-order valence-corrected chi connectivity index (χ3v) is 2.19. The summed E-state index contributed by atoms with van der Waals surface area (Å²) >= 11 is 0. The minimum Gasteiger partial charge on any atom is -0.466 e. The van der Waals surface area contributed by atoms with Crippen LogP contribution in [0.25, 0.3) is 0 Å². The van der Waals surface area contributed by atoms with E-state index in [1.54, 1.807) is 6.08 Å². The molecule has 0 aromatic carbocycles. The first kappa shape index (κ1) is 15.5. The molecule has 0 saturated carbocycles. The molecule has 1 rings (SSSR count). The normalized spacial score (nSPS) is 13.2. The Hall–Kier alpha value is -2.51. The zero-order valence-electron chi connectivity index (χ0n) is 11.0. The largest absolute Gasteiger partial charge is 0.466 e. The molecule has 0 saturated heterocycles. The van der Waals surface area contributed by atoms with Crippen LogP contribution in [-0.4, -0.2) is 44.7 Å². The van der Waals surface area contributed by atoms with E-state index in [1.165, 1.54) is 7.11 Å². The number of carbonyl (C=O) groups is 3. The van der Waals surface area contributed by atoms with Crippen LogP contribution in [-0.2, 0) is 23.9 Å². The highest BCUT2D eigenvalue weighted by Gasteiger charge is 2.10. The van der Waals surface area contributed by atoms with Gasteiger partial charge in [-0.1, -0.05) is 0 Å². The van der Waals surface area contributed by atoms with Crippen molar-refractivity contribution in [1.29, 1.82) is 0 Å². The summed E-state index contributed by atoms with van der Waals surface area (Å²) < 4.78 is 9.12. The van der Waals surface area contributed by atoms with Gasteiger partial charge in [0.1, 0.15) is 5.70 Å². The van der Waals surface area contributed by atoms with Gasteiger partial charge in [-0.05, 0) is 12.5 Å². The molecule has 0 fully saturated rings. The second-order valence-electron chi connectivity index (χ2n) is 3.65. The van der Waals surface area contributed by atoms with Crippen LogP contribution in [0.1, 0.15) is 6.42 Å². The molecular weight excluding hydrogens is 266 g/mol. The smallest absolute Gasteiger partial charge is 0.331 e. The first-order valence-corrected chi connectivity index (χ1v) is 5.92. The van der Waals surface area contributed by atoms with Crippen LogP contribution in [0.15, 0.2) is 34.2 Å². The molecule has 0 bridgehead atoms. The summed E-state index contributed by atoms with van der Waals surface area (Å²) in [6.07, 6.45) is 4.02. The van der Waals surface area contributed by atoms with E-state index >= 15 is 0 Å². The van der Waals surface area contributed by atoms with Crippen LogP contribution < -0.4 is 5.32 Å². The third kappa shape index (κ3) is 5.89. The van der Waals surface area contributed by atoms with E-state index in [9.17, 15) is 14.4 Å². The van der Waals surface area contributed by atoms with Crippen molar-refractivity contribution in [3.8, 4) is 0 Å². The summed E-state index contributed by atoms with van der Waals surface area (Å²) in [6.45, 7) is 0.901. The van der Waals surface area contributed by atoms with Crippen molar-refractivity contribution in [3.63, 3.8) is 0 Å². The van der Waals surface area contributed by atoms with E-state index in [1.807, 2.05) is 0 Å². The van der Waals surface area contributed by atoms with Gasteiger partial charge in [-0.3, -0.25) is 4.79 Å². The van der Waals surface area contributed by atoms with E-state index in [0.29, 0.717) is 25.2 Å². The molecule has 1 aliphatic rings. The molecule has 0 spiro atoms. The van der Waals surface area contributed by atoms with E-state index in [0.717, 1.165) is 12.2 Å². The topological polar surface area (TPSA) is 106 Å². The van der Waals surface area contributed by atoms with Crippen molar-refractivity contribution in [2.75, 3.05) is 26.8 Å². The van der Waals surface area contributed by atoms with E-state index < -0.39 is 11.9 Å². The molecule has 20 heavy (non-hydrogen) atoms. The number of azo groups is 1. The number of carbonyl (C=O) groups excluding carboxylic acids is 3. The standard InChI is InChI=1S/C12H15N3O5/c1-19-10(16)3-4-11(17)20-8-2-6-13-12(18)9-5-7-14-15-9/h3-5H,2,6-8H2,1H3,(H,13,18)/b4-3+. The lowest BCUT2D eigenvalue weighted by Crippen LogP contribution is -2.26. The third-order valence-electron chi connectivity index (χ3n) is 2.19. The second-order valence-corrected chi connectivity index (χ2v) is 3.65. The molecule has 108 valence electrons. The average molecular weight is 281 g/mol. The van der Waals surface area contributed by atoms with Crippen LogP contribution in [0.4, 0.5) is 0 Å². The number of ether oxygens (including phenoxy) is 2. The fourth-order valence-electron chi connectivity index (χ4n) is 1.21. The summed E-state index contributed by atoms with van der Waals surface area (Å²) in [5.74, 6) is -1.58. The highest BCUT2D eigenvalue weighted by Crippen LogP contribution is 2.04. The Morgan fingerprint density at radius 1 is 1.35 bits per heavy atom. The minimum atomic E-state index is -0.644. The number of nitrogens with one attached hydrogen (secondary N) is 1. The Balaban J connectivity index is 2.08. The van der Waals surface area contributed by atoms with Gasteiger partial charge in [-0.2, -0.15) is 10.2 Å². The lowest BCUT2D eigenvalue weighted by Gasteiger charge is -2.04. The Morgan fingerprint density at radius 3 is 2.75 bits per heavy atom. The monoisotopic (exact) mass is 281 g/mol. The van der Waals surface area contributed by atoms with Crippen molar-refractivity contribution < 1.29 is 23.9 Å². The number of nitrogens with zero attached hydrogens (tertiary/aromatic N) is 2. The molecule has 8 nitrogen and oxygen atoms in total. The van der Waals surface area contributed by atoms with Crippen LogP contribution >= 0.6 is 0 Å². The van der Waals surface area contributed by atoms with Crippen molar-refractivity contribution in [2.24, 2.45) is 10.2 Å². The van der Waals surface area contributed by atoms with E-state index in [-0.39, 0.29) is 12.5 Å². The zero-order chi connectivity index (χ0) is 14.8. The quantitative estimate of drug-likeness (QED) is 0.405. The van der Waals surface area contributed by atoms with Crippen molar-refractivity contribution in [3.05, 3.63) is 23.9 Å². The summed E-state index contributed by atoms with van der Waals surface area (Å²) in [5, 5.41) is 9.91. The van der Waals surface area contributed by atoms with Gasteiger partial charge in [0.05, 0.1) is 20.3 Å². The zero-order valence-corrected chi connectivity index (χ0v) is 11.0. The molecule has 1 amide bonds. The summed E-state index contributed by atoms with van der Waals surface area (Å²) in [7, 11) is 1.21. The fraction of sp³-hybridized carbons (Fsp3) is 0.417. The van der Waals surface area contributed by atoms with Gasteiger partial charge in [0, 0.05) is 18.7 Å². The van der Waals surface area contributed by atoms with E-state index in [2.05, 4.69) is 20.3 Å². The second kappa shape index (κ2) is 8.57. The highest BCUT2D eigenvalue weighted by molar-refractivity contribution is 5.93. The molecule has 0 aromatic heterocycles. The van der Waals surface area contributed by atoms with E-state index in [4.69, 9.17) is 4.74 Å². The summed E-state index contributed by atoms with van der Waals surface area (Å²) in [5.41, 5.74) is 0.294. The number of esters is 2. The van der Waals surface area contributed by atoms with Crippen LogP contribution in [0, 0.1) is 0 Å². The number of amides is 1. The molecule has 0 aromatic rings. The lowest BCUT2D eigenvalue weighted by atomic mass is 10.3. The Bertz CT molecular complexity index is 468. The van der Waals surface area contributed by atoms with Crippen molar-refractivity contribution >= 4 is 17.8 Å². The maximum atomic E-state index is 11.4. The molecule has 1 N–H and O–H groups in total. The van der Waals surface area contributed by atoms with Crippen molar-refractivity contribution in [1.82, 2.24) is 5.32 Å². The van der Waals surface area contributed by atoms with Crippen LogP contribution in [0.3, 0.4) is 0 Å². The number of hydrogen-bond acceptors (Lipinski definition) is 7. The van der Waals surface area contributed by atoms with Gasteiger partial charge in [-0.15, -0.1) is 0 Å². The first-order chi connectivity index (χ1) is 9.63. The van der Waals surface area contributed by atoms with Crippen LogP contribution in [0.2, 0.25) is 0 Å².